The zero-order valence-corrected chi connectivity index (χ0v) is 20.3. The number of hydrogen-bond acceptors (Lipinski definition) is 6. The van der Waals surface area contributed by atoms with Crippen LogP contribution in [0.2, 0.25) is 6.55 Å². The van der Waals surface area contributed by atoms with Crippen LogP contribution in [0.3, 0.4) is 0 Å². The van der Waals surface area contributed by atoms with Gasteiger partial charge in [0.25, 0.3) is 0 Å². The van der Waals surface area contributed by atoms with Gasteiger partial charge in [-0.2, -0.15) is 5.26 Å². The van der Waals surface area contributed by atoms with Crippen LogP contribution in [0.25, 0.3) is 6.08 Å². The highest BCUT2D eigenvalue weighted by Gasteiger charge is 2.20. The molecule has 8 heteroatoms. The third-order valence-electron chi connectivity index (χ3n) is 4.27. The van der Waals surface area contributed by atoms with E-state index in [9.17, 15) is 13.7 Å². The summed E-state index contributed by atoms with van der Waals surface area (Å²) in [6.07, 6.45) is 1.35. The van der Waals surface area contributed by atoms with Crippen molar-refractivity contribution in [3.8, 4) is 11.8 Å². The topological polar surface area (TPSA) is 76.4 Å². The monoisotopic (exact) mass is 459 g/mol. The third-order valence-corrected chi connectivity index (χ3v) is 8.89. The maximum atomic E-state index is 12.6. The first-order chi connectivity index (χ1) is 14.2. The van der Waals surface area contributed by atoms with Crippen LogP contribution < -0.4 is 4.74 Å². The van der Waals surface area contributed by atoms with Gasteiger partial charge in [-0.3, -0.25) is 0 Å². The van der Waals surface area contributed by atoms with Gasteiger partial charge in [-0.25, -0.2) is 8.42 Å². The standard InChI is InChI=1S/C22H25NO4S2Si/c1-17(28-27-22(2,3)30-4)16-26-19-12-10-18(11-13-19)14-21(15-23)29(24,25)20-8-6-5-7-9-20/h5-14H,1,16,30H2,2-4H3/b21-14+. The van der Waals surface area contributed by atoms with Crippen molar-refractivity contribution < 1.29 is 17.3 Å². The van der Waals surface area contributed by atoms with Crippen molar-refractivity contribution in [2.45, 2.75) is 30.5 Å². The molecule has 0 bridgehead atoms. The highest BCUT2D eigenvalue weighted by atomic mass is 32.2. The minimum atomic E-state index is -3.86. The molecule has 0 aromatic heterocycles. The Balaban J connectivity index is 2.03. The summed E-state index contributed by atoms with van der Waals surface area (Å²) in [6.45, 7) is 10.6. The largest absolute Gasteiger partial charge is 0.488 e. The lowest BCUT2D eigenvalue weighted by atomic mass is 10.2. The van der Waals surface area contributed by atoms with Gasteiger partial charge in [-0.05, 0) is 49.8 Å². The Morgan fingerprint density at radius 1 is 1.20 bits per heavy atom. The predicted octanol–water partition coefficient (Wildman–Crippen LogP) is 4.54. The summed E-state index contributed by atoms with van der Waals surface area (Å²) < 4.78 is 36.7. The molecule has 0 unspecified atom stereocenters. The maximum Gasteiger partial charge on any atom is 0.216 e. The zero-order valence-electron chi connectivity index (χ0n) is 17.3. The lowest BCUT2D eigenvalue weighted by Crippen LogP contribution is -2.27. The molecule has 2 aromatic rings. The molecule has 0 atom stereocenters. The molecule has 0 fully saturated rings. The first-order valence-electron chi connectivity index (χ1n) is 9.36. The van der Waals surface area contributed by atoms with E-state index in [1.54, 1.807) is 48.5 Å². The molecule has 0 aliphatic carbocycles. The Kier molecular flexibility index (Phi) is 8.50. The van der Waals surface area contributed by atoms with Crippen LogP contribution in [-0.4, -0.2) is 29.8 Å². The highest BCUT2D eigenvalue weighted by Crippen LogP contribution is 2.25. The fourth-order valence-electron chi connectivity index (χ4n) is 2.13. The second-order valence-electron chi connectivity index (χ2n) is 7.11. The van der Waals surface area contributed by atoms with Gasteiger partial charge in [-0.1, -0.05) is 43.5 Å². The van der Waals surface area contributed by atoms with E-state index in [1.807, 2.05) is 0 Å². The van der Waals surface area contributed by atoms with Gasteiger partial charge in [0.05, 0.1) is 19.6 Å². The van der Waals surface area contributed by atoms with E-state index in [0.29, 0.717) is 17.9 Å². The summed E-state index contributed by atoms with van der Waals surface area (Å²) in [5, 5.41) is 9.27. The number of ether oxygens (including phenoxy) is 1. The minimum Gasteiger partial charge on any atom is -0.488 e. The average molecular weight is 460 g/mol. The van der Waals surface area contributed by atoms with Crippen LogP contribution in [0.5, 0.6) is 5.75 Å². The lowest BCUT2D eigenvalue weighted by molar-refractivity contribution is 0.236. The number of nitriles is 1. The molecule has 2 rings (SSSR count). The van der Waals surface area contributed by atoms with Crippen molar-refractivity contribution in [2.24, 2.45) is 0 Å². The maximum absolute atomic E-state index is 12.6. The van der Waals surface area contributed by atoms with Gasteiger partial charge >= 0.3 is 0 Å². The Bertz CT molecular complexity index is 1040. The van der Waals surface area contributed by atoms with Crippen LogP contribution in [0.1, 0.15) is 19.4 Å². The Morgan fingerprint density at radius 2 is 1.83 bits per heavy atom. The number of nitrogens with zero attached hydrogens (tertiary/aromatic N) is 1. The van der Waals surface area contributed by atoms with Crippen LogP contribution >= 0.6 is 12.0 Å². The molecule has 5 nitrogen and oxygen atoms in total. The number of rotatable bonds is 10. The second-order valence-corrected chi connectivity index (χ2v) is 12.4. The van der Waals surface area contributed by atoms with Crippen molar-refractivity contribution >= 4 is 37.5 Å². The molecule has 0 amide bonds. The van der Waals surface area contributed by atoms with Crippen molar-refractivity contribution in [1.29, 1.82) is 5.26 Å². The van der Waals surface area contributed by atoms with Crippen LogP contribution in [0.15, 0.2) is 75.9 Å². The molecule has 0 aliphatic heterocycles. The minimum absolute atomic E-state index is 0.0879. The van der Waals surface area contributed by atoms with Crippen molar-refractivity contribution in [2.75, 3.05) is 6.61 Å². The van der Waals surface area contributed by atoms with E-state index < -0.39 is 9.84 Å². The van der Waals surface area contributed by atoms with Crippen LogP contribution in [0.4, 0.5) is 0 Å². The van der Waals surface area contributed by atoms with E-state index >= 15 is 0 Å². The quantitative estimate of drug-likeness (QED) is 0.295. The van der Waals surface area contributed by atoms with Crippen molar-refractivity contribution in [3.05, 3.63) is 76.5 Å². The second kappa shape index (κ2) is 10.6. The summed E-state index contributed by atoms with van der Waals surface area (Å²) in [5.74, 6) is 0.613. The number of benzene rings is 2. The van der Waals surface area contributed by atoms with E-state index in [4.69, 9.17) is 8.92 Å². The molecule has 0 saturated heterocycles. The molecule has 0 spiro atoms. The van der Waals surface area contributed by atoms with Crippen LogP contribution in [-0.2, 0) is 14.0 Å². The SMILES string of the molecule is C=C(COc1ccc(/C=C(\C#N)S(=O)(=O)c2ccccc2)cc1)SOC(C)(C)[SiH2]C. The summed E-state index contributed by atoms with van der Waals surface area (Å²) in [4.78, 5) is 0.534. The zero-order chi connectivity index (χ0) is 22.2. The first-order valence-corrected chi connectivity index (χ1v) is 13.7. The molecular weight excluding hydrogens is 434 g/mol. The molecule has 0 aliphatic rings. The van der Waals surface area contributed by atoms with Crippen molar-refractivity contribution in [1.82, 2.24) is 0 Å². The van der Waals surface area contributed by atoms with Crippen molar-refractivity contribution in [3.63, 3.8) is 0 Å². The summed E-state index contributed by atoms with van der Waals surface area (Å²) >= 11 is 1.25. The lowest BCUT2D eigenvalue weighted by Gasteiger charge is -2.22. The van der Waals surface area contributed by atoms with E-state index in [2.05, 4.69) is 27.0 Å². The Morgan fingerprint density at radius 3 is 2.40 bits per heavy atom. The molecule has 2 aromatic carbocycles. The van der Waals surface area contributed by atoms with E-state index in [1.165, 1.54) is 30.3 Å². The number of hydrogen-bond donors (Lipinski definition) is 0. The molecule has 0 saturated carbocycles. The Hall–Kier alpha value is -2.31. The molecule has 0 radical (unpaired) electrons. The fourth-order valence-corrected chi connectivity index (χ4v) is 4.41. The van der Waals surface area contributed by atoms with Gasteiger partial charge in [-0.15, -0.1) is 0 Å². The molecular formula is C22H25NO4S2Si. The Labute approximate surface area is 185 Å². The highest BCUT2D eigenvalue weighted by molar-refractivity contribution is 7.98. The van der Waals surface area contributed by atoms with Gasteiger partial charge in [0.2, 0.25) is 9.84 Å². The predicted molar refractivity (Wildman–Crippen MR) is 125 cm³/mol. The van der Waals surface area contributed by atoms with E-state index in [0.717, 1.165) is 4.91 Å². The normalized spacial score (nSPS) is 12.7. The average Bonchev–Trinajstić information content (AvgIpc) is 2.76. The summed E-state index contributed by atoms with van der Waals surface area (Å²) in [5.41, 5.74) is 0.588. The summed E-state index contributed by atoms with van der Waals surface area (Å²) in [7, 11) is -4.16. The van der Waals surface area contributed by atoms with Gasteiger partial charge in [0.1, 0.15) is 23.3 Å². The van der Waals surface area contributed by atoms with Gasteiger partial charge < -0.3 is 8.92 Å². The van der Waals surface area contributed by atoms with E-state index in [-0.39, 0.29) is 24.5 Å². The molecule has 0 N–H and O–H groups in total. The molecule has 0 heterocycles. The van der Waals surface area contributed by atoms with Crippen LogP contribution in [0, 0.1) is 11.3 Å². The molecule has 158 valence electrons. The smallest absolute Gasteiger partial charge is 0.216 e. The van der Waals surface area contributed by atoms with Gasteiger partial charge in [0.15, 0.2) is 0 Å². The number of sulfone groups is 1. The third kappa shape index (κ3) is 6.88. The molecule has 30 heavy (non-hydrogen) atoms. The van der Waals surface area contributed by atoms with Gasteiger partial charge in [0, 0.05) is 16.9 Å². The fraction of sp³-hybridized carbons (Fsp3) is 0.227. The first kappa shape index (κ1) is 24.0. The number of allylic oxidation sites excluding steroid dienone is 1. The summed E-state index contributed by atoms with van der Waals surface area (Å²) in [6, 6.07) is 16.5.